The van der Waals surface area contributed by atoms with Crippen molar-refractivity contribution in [2.45, 2.75) is 45.2 Å². The molecule has 1 aliphatic rings. The number of hydrogen-bond donors (Lipinski definition) is 2. The van der Waals surface area contributed by atoms with E-state index in [4.69, 9.17) is 5.73 Å². The van der Waals surface area contributed by atoms with Crippen LogP contribution in [0.2, 0.25) is 0 Å². The van der Waals surface area contributed by atoms with Crippen molar-refractivity contribution in [2.75, 3.05) is 0 Å². The zero-order valence-electron chi connectivity index (χ0n) is 14.0. The topological polar surface area (TPSA) is 55.1 Å². The van der Waals surface area contributed by atoms with Crippen LogP contribution < -0.4 is 11.1 Å². The van der Waals surface area contributed by atoms with Crippen molar-refractivity contribution in [1.29, 1.82) is 0 Å². The van der Waals surface area contributed by atoms with Gasteiger partial charge in [0.15, 0.2) is 0 Å². The van der Waals surface area contributed by atoms with Crippen LogP contribution in [-0.4, -0.2) is 5.91 Å². The standard InChI is InChI=1S/C20H24N2O.ClH/c1-14(21)16-8-6-15(7-9-16)13-22-20(23)19-11-10-17-4-2-3-5-18(17)12-19;/h6-12,14H,2-5,13,21H2,1H3,(H,22,23);1H/t14-;/m0./s1. The maximum absolute atomic E-state index is 12.3. The van der Waals surface area contributed by atoms with Gasteiger partial charge in [0, 0.05) is 18.2 Å². The van der Waals surface area contributed by atoms with E-state index in [1.807, 2.05) is 37.3 Å². The van der Waals surface area contributed by atoms with E-state index in [0.29, 0.717) is 6.54 Å². The van der Waals surface area contributed by atoms with Crippen molar-refractivity contribution < 1.29 is 4.79 Å². The molecule has 3 nitrogen and oxygen atoms in total. The average molecular weight is 345 g/mol. The van der Waals surface area contributed by atoms with Crippen LogP contribution in [0, 0.1) is 0 Å². The summed E-state index contributed by atoms with van der Waals surface area (Å²) in [4.78, 5) is 12.3. The third-order valence-electron chi connectivity index (χ3n) is 4.57. The van der Waals surface area contributed by atoms with E-state index in [2.05, 4.69) is 17.4 Å². The maximum atomic E-state index is 12.3. The number of halogens is 1. The molecule has 0 fully saturated rings. The van der Waals surface area contributed by atoms with E-state index in [-0.39, 0.29) is 24.4 Å². The van der Waals surface area contributed by atoms with E-state index >= 15 is 0 Å². The number of nitrogens with one attached hydrogen (secondary N) is 1. The van der Waals surface area contributed by atoms with Crippen molar-refractivity contribution in [1.82, 2.24) is 5.32 Å². The normalized spacial score (nSPS) is 14.2. The zero-order chi connectivity index (χ0) is 16.2. The van der Waals surface area contributed by atoms with E-state index < -0.39 is 0 Å². The number of nitrogens with two attached hydrogens (primary N) is 1. The minimum Gasteiger partial charge on any atom is -0.348 e. The van der Waals surface area contributed by atoms with Gasteiger partial charge in [-0.2, -0.15) is 0 Å². The van der Waals surface area contributed by atoms with Gasteiger partial charge in [0.05, 0.1) is 0 Å². The predicted octanol–water partition coefficient (Wildman–Crippen LogP) is 3.94. The Hall–Kier alpha value is -1.84. The number of carbonyl (C=O) groups is 1. The Kier molecular flexibility index (Phi) is 6.41. The minimum atomic E-state index is -0.00496. The summed E-state index contributed by atoms with van der Waals surface area (Å²) in [5.41, 5.74) is 11.5. The number of fused-ring (bicyclic) bond motifs is 1. The van der Waals surface area contributed by atoms with Crippen LogP contribution in [0.4, 0.5) is 0 Å². The number of rotatable bonds is 4. The second-order valence-electron chi connectivity index (χ2n) is 6.40. The van der Waals surface area contributed by atoms with Crippen molar-refractivity contribution >= 4 is 18.3 Å². The summed E-state index contributed by atoms with van der Waals surface area (Å²) in [5.74, 6) is -0.00496. The van der Waals surface area contributed by atoms with E-state index in [9.17, 15) is 4.79 Å². The molecule has 4 heteroatoms. The largest absolute Gasteiger partial charge is 0.348 e. The van der Waals surface area contributed by atoms with Crippen molar-refractivity contribution in [3.05, 3.63) is 70.3 Å². The van der Waals surface area contributed by atoms with Crippen molar-refractivity contribution in [2.24, 2.45) is 5.73 Å². The first-order valence-electron chi connectivity index (χ1n) is 8.38. The molecule has 3 rings (SSSR count). The van der Waals surface area contributed by atoms with Gasteiger partial charge in [-0.1, -0.05) is 30.3 Å². The van der Waals surface area contributed by atoms with Gasteiger partial charge in [0.25, 0.3) is 5.91 Å². The van der Waals surface area contributed by atoms with Crippen LogP contribution in [0.25, 0.3) is 0 Å². The molecule has 0 bridgehead atoms. The van der Waals surface area contributed by atoms with E-state index in [1.165, 1.54) is 24.0 Å². The Morgan fingerprint density at radius 2 is 1.75 bits per heavy atom. The third-order valence-corrected chi connectivity index (χ3v) is 4.57. The van der Waals surface area contributed by atoms with Crippen molar-refractivity contribution in [3.63, 3.8) is 0 Å². The molecule has 0 saturated carbocycles. The molecule has 2 aromatic rings. The highest BCUT2D eigenvalue weighted by Crippen LogP contribution is 2.22. The number of aryl methyl sites for hydroxylation is 2. The van der Waals surface area contributed by atoms with Crippen LogP contribution >= 0.6 is 12.4 Å². The molecule has 3 N–H and O–H groups in total. The summed E-state index contributed by atoms with van der Waals surface area (Å²) in [7, 11) is 0. The molecule has 1 aliphatic carbocycles. The summed E-state index contributed by atoms with van der Waals surface area (Å²) in [6.07, 6.45) is 4.72. The van der Waals surface area contributed by atoms with Gasteiger partial charge in [0.1, 0.15) is 0 Å². The highest BCUT2D eigenvalue weighted by molar-refractivity contribution is 5.94. The van der Waals surface area contributed by atoms with Crippen LogP contribution in [0.5, 0.6) is 0 Å². The fourth-order valence-corrected chi connectivity index (χ4v) is 3.10. The second kappa shape index (κ2) is 8.32. The maximum Gasteiger partial charge on any atom is 0.251 e. The molecule has 1 amide bonds. The Labute approximate surface area is 150 Å². The summed E-state index contributed by atoms with van der Waals surface area (Å²) >= 11 is 0. The van der Waals surface area contributed by atoms with Crippen LogP contribution in [0.15, 0.2) is 42.5 Å². The third kappa shape index (κ3) is 4.37. The van der Waals surface area contributed by atoms with Gasteiger partial charge in [-0.3, -0.25) is 4.79 Å². The molecular weight excluding hydrogens is 320 g/mol. The Morgan fingerprint density at radius 1 is 1.08 bits per heavy atom. The Bertz CT molecular complexity index is 695. The molecule has 0 radical (unpaired) electrons. The first kappa shape index (κ1) is 18.5. The van der Waals surface area contributed by atoms with Gasteiger partial charge in [-0.25, -0.2) is 0 Å². The molecule has 128 valence electrons. The lowest BCUT2D eigenvalue weighted by Gasteiger charge is -2.16. The molecule has 0 saturated heterocycles. The minimum absolute atomic E-state index is 0. The summed E-state index contributed by atoms with van der Waals surface area (Å²) < 4.78 is 0. The monoisotopic (exact) mass is 344 g/mol. The average Bonchev–Trinajstić information content (AvgIpc) is 2.59. The number of hydrogen-bond acceptors (Lipinski definition) is 2. The molecule has 1 atom stereocenters. The van der Waals surface area contributed by atoms with E-state index in [0.717, 1.165) is 29.5 Å². The molecule has 0 unspecified atom stereocenters. The highest BCUT2D eigenvalue weighted by atomic mass is 35.5. The highest BCUT2D eigenvalue weighted by Gasteiger charge is 2.12. The van der Waals surface area contributed by atoms with Crippen LogP contribution in [-0.2, 0) is 19.4 Å². The Morgan fingerprint density at radius 3 is 2.42 bits per heavy atom. The zero-order valence-corrected chi connectivity index (χ0v) is 14.9. The van der Waals surface area contributed by atoms with Crippen molar-refractivity contribution in [3.8, 4) is 0 Å². The first-order chi connectivity index (χ1) is 11.1. The second-order valence-corrected chi connectivity index (χ2v) is 6.40. The lowest BCUT2D eigenvalue weighted by atomic mass is 9.90. The molecule has 0 aliphatic heterocycles. The number of benzene rings is 2. The summed E-state index contributed by atoms with van der Waals surface area (Å²) in [6, 6.07) is 14.2. The summed E-state index contributed by atoms with van der Waals surface area (Å²) in [5, 5.41) is 3.00. The fraction of sp³-hybridized carbons (Fsp3) is 0.350. The van der Waals surface area contributed by atoms with E-state index in [1.54, 1.807) is 0 Å². The Balaban J connectivity index is 0.00000208. The lowest BCUT2D eigenvalue weighted by molar-refractivity contribution is 0.0951. The molecule has 0 spiro atoms. The smallest absolute Gasteiger partial charge is 0.251 e. The van der Waals surface area contributed by atoms with Crippen LogP contribution in [0.1, 0.15) is 58.4 Å². The van der Waals surface area contributed by atoms with Gasteiger partial charge in [-0.05, 0) is 67.0 Å². The molecule has 0 heterocycles. The lowest BCUT2D eigenvalue weighted by Crippen LogP contribution is -2.23. The molecule has 2 aromatic carbocycles. The van der Waals surface area contributed by atoms with Gasteiger partial charge >= 0.3 is 0 Å². The first-order valence-corrected chi connectivity index (χ1v) is 8.38. The summed E-state index contributed by atoms with van der Waals surface area (Å²) in [6.45, 7) is 2.50. The molecule has 24 heavy (non-hydrogen) atoms. The molecular formula is C20H25ClN2O. The fourth-order valence-electron chi connectivity index (χ4n) is 3.10. The SMILES string of the molecule is C[C@H](N)c1ccc(CNC(=O)c2ccc3c(c2)CCCC3)cc1.Cl. The number of amides is 1. The van der Waals surface area contributed by atoms with Crippen LogP contribution in [0.3, 0.4) is 0 Å². The van der Waals surface area contributed by atoms with Gasteiger partial charge < -0.3 is 11.1 Å². The predicted molar refractivity (Wildman–Crippen MR) is 101 cm³/mol. The number of carbonyl (C=O) groups excluding carboxylic acids is 1. The van der Waals surface area contributed by atoms with Gasteiger partial charge in [-0.15, -0.1) is 12.4 Å². The van der Waals surface area contributed by atoms with Gasteiger partial charge in [0.2, 0.25) is 0 Å². The quantitative estimate of drug-likeness (QED) is 0.882. The molecule has 0 aromatic heterocycles.